The number of sulfonamides is 1. The molecule has 1 atom stereocenters. The zero-order valence-electron chi connectivity index (χ0n) is 18.4. The highest BCUT2D eigenvalue weighted by atomic mass is 32.2. The van der Waals surface area contributed by atoms with Gasteiger partial charge in [0.15, 0.2) is 0 Å². The van der Waals surface area contributed by atoms with E-state index in [0.717, 1.165) is 36.2 Å². The smallest absolute Gasteiger partial charge is 0.326 e. The van der Waals surface area contributed by atoms with Crippen LogP contribution in [0.15, 0.2) is 47.4 Å². The zero-order valence-corrected chi connectivity index (χ0v) is 19.2. The van der Waals surface area contributed by atoms with Crippen molar-refractivity contribution < 1.29 is 31.2 Å². The molecule has 0 bridgehead atoms. The van der Waals surface area contributed by atoms with Gasteiger partial charge >= 0.3 is 6.18 Å². The van der Waals surface area contributed by atoms with Crippen molar-refractivity contribution in [3.05, 3.63) is 53.6 Å². The number of anilines is 2. The van der Waals surface area contributed by atoms with Gasteiger partial charge in [0.05, 0.1) is 10.5 Å². The molecular weight excluding hydrogens is 471 g/mol. The molecule has 4 rings (SSSR count). The quantitative estimate of drug-likeness (QED) is 0.612. The highest BCUT2D eigenvalue weighted by Gasteiger charge is 2.39. The van der Waals surface area contributed by atoms with Gasteiger partial charge < -0.3 is 10.2 Å². The van der Waals surface area contributed by atoms with Crippen LogP contribution in [0.4, 0.5) is 24.5 Å². The van der Waals surface area contributed by atoms with E-state index in [0.29, 0.717) is 6.42 Å². The second-order valence-corrected chi connectivity index (χ2v) is 10.4. The summed E-state index contributed by atoms with van der Waals surface area (Å²) in [5.74, 6) is -0.494. The molecule has 2 aliphatic rings. The fourth-order valence-corrected chi connectivity index (χ4v) is 5.10. The van der Waals surface area contributed by atoms with Crippen molar-refractivity contribution in [2.45, 2.75) is 49.7 Å². The van der Waals surface area contributed by atoms with E-state index < -0.39 is 27.7 Å². The van der Waals surface area contributed by atoms with Crippen LogP contribution in [0.25, 0.3) is 0 Å². The normalized spacial score (nSPS) is 18.0. The SMILES string of the molecule is C[C@@H]1Cc2cc(S(=O)(=O)NCCC(=O)Nc3cccc(C(F)(F)F)c3)ccc2N1C(=O)C1CC1. The Hall–Kier alpha value is -2.92. The minimum atomic E-state index is -4.54. The van der Waals surface area contributed by atoms with Gasteiger partial charge in [-0.05, 0) is 68.1 Å². The van der Waals surface area contributed by atoms with Crippen molar-refractivity contribution >= 4 is 33.2 Å². The third-order valence-corrected chi connectivity index (χ3v) is 7.32. The van der Waals surface area contributed by atoms with Gasteiger partial charge in [0, 0.05) is 36.3 Å². The summed E-state index contributed by atoms with van der Waals surface area (Å²) in [5.41, 5.74) is 0.575. The predicted octanol–water partition coefficient (Wildman–Crippen LogP) is 3.70. The van der Waals surface area contributed by atoms with Gasteiger partial charge in [-0.2, -0.15) is 13.2 Å². The van der Waals surface area contributed by atoms with Crippen LogP contribution in [0, 0.1) is 5.92 Å². The van der Waals surface area contributed by atoms with E-state index in [1.165, 1.54) is 24.3 Å². The molecule has 1 fully saturated rings. The summed E-state index contributed by atoms with van der Waals surface area (Å²) < 4.78 is 66.1. The number of hydrogen-bond donors (Lipinski definition) is 2. The molecule has 1 saturated carbocycles. The van der Waals surface area contributed by atoms with Crippen LogP contribution in [0.1, 0.15) is 37.3 Å². The number of carbonyl (C=O) groups is 2. The Balaban J connectivity index is 1.35. The summed E-state index contributed by atoms with van der Waals surface area (Å²) in [6.07, 6.45) is -2.48. The predicted molar refractivity (Wildman–Crippen MR) is 120 cm³/mol. The molecule has 0 unspecified atom stereocenters. The van der Waals surface area contributed by atoms with Crippen LogP contribution in [-0.4, -0.2) is 32.8 Å². The van der Waals surface area contributed by atoms with Crippen LogP contribution in [-0.2, 0) is 32.2 Å². The molecular formula is C23H24F3N3O4S. The van der Waals surface area contributed by atoms with E-state index in [1.54, 1.807) is 11.0 Å². The molecule has 1 aliphatic heterocycles. The summed E-state index contributed by atoms with van der Waals surface area (Å²) in [5, 5.41) is 2.34. The van der Waals surface area contributed by atoms with E-state index in [-0.39, 0.29) is 41.4 Å². The van der Waals surface area contributed by atoms with E-state index >= 15 is 0 Å². The fourth-order valence-electron chi connectivity index (χ4n) is 4.02. The van der Waals surface area contributed by atoms with Gasteiger partial charge in [-0.15, -0.1) is 0 Å². The van der Waals surface area contributed by atoms with Gasteiger partial charge in [-0.25, -0.2) is 13.1 Å². The Morgan fingerprint density at radius 2 is 1.85 bits per heavy atom. The lowest BCUT2D eigenvalue weighted by Gasteiger charge is -2.22. The number of amides is 2. The first-order chi connectivity index (χ1) is 16.0. The van der Waals surface area contributed by atoms with Crippen LogP contribution < -0.4 is 14.9 Å². The molecule has 182 valence electrons. The summed E-state index contributed by atoms with van der Waals surface area (Å²) in [7, 11) is -3.92. The molecule has 34 heavy (non-hydrogen) atoms. The van der Waals surface area contributed by atoms with E-state index in [2.05, 4.69) is 10.0 Å². The summed E-state index contributed by atoms with van der Waals surface area (Å²) in [6, 6.07) is 8.75. The highest BCUT2D eigenvalue weighted by molar-refractivity contribution is 7.89. The topological polar surface area (TPSA) is 95.6 Å². The summed E-state index contributed by atoms with van der Waals surface area (Å²) in [4.78, 5) is 26.4. The maximum absolute atomic E-state index is 12.8. The first-order valence-corrected chi connectivity index (χ1v) is 12.4. The van der Waals surface area contributed by atoms with Crippen molar-refractivity contribution in [3.63, 3.8) is 0 Å². The van der Waals surface area contributed by atoms with Crippen molar-refractivity contribution in [1.82, 2.24) is 4.72 Å². The maximum Gasteiger partial charge on any atom is 0.416 e. The lowest BCUT2D eigenvalue weighted by Crippen LogP contribution is -2.36. The molecule has 1 heterocycles. The summed E-state index contributed by atoms with van der Waals surface area (Å²) >= 11 is 0. The van der Waals surface area contributed by atoms with Crippen molar-refractivity contribution in [1.29, 1.82) is 0 Å². The van der Waals surface area contributed by atoms with Gasteiger partial charge in [0.25, 0.3) is 0 Å². The number of fused-ring (bicyclic) bond motifs is 1. The van der Waals surface area contributed by atoms with E-state index in [9.17, 15) is 31.2 Å². The number of alkyl halides is 3. The molecule has 0 aromatic heterocycles. The zero-order chi connectivity index (χ0) is 24.7. The van der Waals surface area contributed by atoms with Crippen molar-refractivity contribution in [2.24, 2.45) is 5.92 Å². The van der Waals surface area contributed by atoms with Gasteiger partial charge in [0.1, 0.15) is 0 Å². The molecule has 0 spiro atoms. The fraction of sp³-hybridized carbons (Fsp3) is 0.391. The number of nitrogens with zero attached hydrogens (tertiary/aromatic N) is 1. The number of nitrogens with one attached hydrogen (secondary N) is 2. The number of hydrogen-bond acceptors (Lipinski definition) is 4. The van der Waals surface area contributed by atoms with Gasteiger partial charge in [-0.3, -0.25) is 9.59 Å². The van der Waals surface area contributed by atoms with Gasteiger partial charge in [0.2, 0.25) is 21.8 Å². The molecule has 0 saturated heterocycles. The second kappa shape index (κ2) is 9.03. The Bertz CT molecular complexity index is 1230. The van der Waals surface area contributed by atoms with Gasteiger partial charge in [-0.1, -0.05) is 6.07 Å². The number of halogens is 3. The molecule has 2 N–H and O–H groups in total. The largest absolute Gasteiger partial charge is 0.416 e. The first kappa shape index (κ1) is 24.2. The molecule has 0 radical (unpaired) electrons. The second-order valence-electron chi connectivity index (χ2n) is 8.60. The Morgan fingerprint density at radius 3 is 2.53 bits per heavy atom. The monoisotopic (exact) mass is 495 g/mol. The molecule has 2 aromatic rings. The Kier molecular flexibility index (Phi) is 6.43. The molecule has 7 nitrogen and oxygen atoms in total. The third-order valence-electron chi connectivity index (χ3n) is 5.86. The van der Waals surface area contributed by atoms with Crippen LogP contribution in [0.3, 0.4) is 0 Å². The van der Waals surface area contributed by atoms with E-state index in [4.69, 9.17) is 0 Å². The van der Waals surface area contributed by atoms with Crippen LogP contribution >= 0.6 is 0 Å². The number of carbonyl (C=O) groups excluding carboxylic acids is 2. The molecule has 2 aromatic carbocycles. The van der Waals surface area contributed by atoms with Crippen molar-refractivity contribution in [2.75, 3.05) is 16.8 Å². The Labute approximate surface area is 195 Å². The lowest BCUT2D eigenvalue weighted by molar-refractivity contribution is -0.137. The molecule has 2 amide bonds. The maximum atomic E-state index is 12.8. The minimum Gasteiger partial charge on any atom is -0.326 e. The lowest BCUT2D eigenvalue weighted by atomic mass is 10.1. The average molecular weight is 496 g/mol. The molecule has 11 heteroatoms. The van der Waals surface area contributed by atoms with Crippen molar-refractivity contribution in [3.8, 4) is 0 Å². The average Bonchev–Trinajstić information content (AvgIpc) is 3.54. The first-order valence-electron chi connectivity index (χ1n) is 10.9. The number of benzene rings is 2. The Morgan fingerprint density at radius 1 is 1.12 bits per heavy atom. The van der Waals surface area contributed by atoms with E-state index in [1.807, 2.05) is 6.92 Å². The standard InChI is InChI=1S/C23H24F3N3O4S/c1-14-11-16-12-19(7-8-20(16)29(14)22(31)15-5-6-15)34(32,33)27-10-9-21(30)28-18-4-2-3-17(13-18)23(24,25)26/h2-4,7-8,12-15,27H,5-6,9-11H2,1H3,(H,28,30)/t14-/m1/s1. The molecule has 1 aliphatic carbocycles. The number of rotatable bonds is 7. The highest BCUT2D eigenvalue weighted by Crippen LogP contribution is 2.39. The van der Waals surface area contributed by atoms with Crippen LogP contribution in [0.5, 0.6) is 0 Å². The minimum absolute atomic E-state index is 0.0254. The third kappa shape index (κ3) is 5.25. The van der Waals surface area contributed by atoms with Crippen LogP contribution in [0.2, 0.25) is 0 Å². The summed E-state index contributed by atoms with van der Waals surface area (Å²) in [6.45, 7) is 1.70.